The van der Waals surface area contributed by atoms with Crippen LogP contribution in [0.5, 0.6) is 5.75 Å². The minimum atomic E-state index is 0.0292. The molecule has 0 spiro atoms. The maximum Gasteiger partial charge on any atom is 0.146 e. The number of phenols is 1. The van der Waals surface area contributed by atoms with Crippen molar-refractivity contribution in [2.24, 2.45) is 0 Å². The molecule has 0 aliphatic heterocycles. The number of aliphatic hydroxyl groups is 1. The molecule has 0 fully saturated rings. The Bertz CT molecular complexity index is 867. The molecular weight excluding hydrogens is 349 g/mol. The number of aliphatic hydroxyl groups excluding tert-OH is 1. The fourth-order valence-corrected chi connectivity index (χ4v) is 2.90. The molecule has 3 rings (SSSR count). The summed E-state index contributed by atoms with van der Waals surface area (Å²) in [7, 11) is 0. The highest BCUT2D eigenvalue weighted by Crippen LogP contribution is 2.34. The van der Waals surface area contributed by atoms with Crippen molar-refractivity contribution in [1.82, 2.24) is 15.0 Å². The lowest BCUT2D eigenvalue weighted by molar-refractivity contribution is 0.299. The van der Waals surface area contributed by atoms with E-state index in [4.69, 9.17) is 23.2 Å². The van der Waals surface area contributed by atoms with Crippen LogP contribution in [0.25, 0.3) is 16.7 Å². The topological polar surface area (TPSA) is 71.2 Å². The van der Waals surface area contributed by atoms with Gasteiger partial charge in [0.25, 0.3) is 0 Å². The maximum absolute atomic E-state index is 10.6. The molecule has 0 unspecified atom stereocenters. The van der Waals surface area contributed by atoms with Crippen LogP contribution < -0.4 is 0 Å². The standard InChI is InChI=1S/C17H17Cl2N3O2/c1-9(2)11-5-10(3-4-23)6-16(17(11)24)22-20-14-7-12(18)13(19)8-15(14)21-22/h5-9,23-24H,3-4H2,1-2H3. The van der Waals surface area contributed by atoms with Gasteiger partial charge in [-0.2, -0.15) is 0 Å². The van der Waals surface area contributed by atoms with Gasteiger partial charge in [-0.25, -0.2) is 0 Å². The van der Waals surface area contributed by atoms with Gasteiger partial charge in [0, 0.05) is 6.61 Å². The third kappa shape index (κ3) is 3.07. The monoisotopic (exact) mass is 365 g/mol. The number of nitrogens with zero attached hydrogens (tertiary/aromatic N) is 3. The van der Waals surface area contributed by atoms with E-state index >= 15 is 0 Å². The Morgan fingerprint density at radius 3 is 2.12 bits per heavy atom. The van der Waals surface area contributed by atoms with Crippen molar-refractivity contribution >= 4 is 34.2 Å². The van der Waals surface area contributed by atoms with Crippen molar-refractivity contribution in [3.63, 3.8) is 0 Å². The molecule has 0 saturated heterocycles. The Morgan fingerprint density at radius 1 is 1.04 bits per heavy atom. The molecule has 7 heteroatoms. The molecule has 2 N–H and O–H groups in total. The number of halogens is 2. The smallest absolute Gasteiger partial charge is 0.146 e. The van der Waals surface area contributed by atoms with E-state index in [0.717, 1.165) is 11.1 Å². The zero-order chi connectivity index (χ0) is 17.4. The van der Waals surface area contributed by atoms with Crippen LogP contribution in [0, 0.1) is 0 Å². The highest BCUT2D eigenvalue weighted by Gasteiger charge is 2.17. The fourth-order valence-electron chi connectivity index (χ4n) is 2.59. The average Bonchev–Trinajstić information content (AvgIpc) is 2.91. The molecule has 1 aromatic heterocycles. The molecule has 0 aliphatic rings. The van der Waals surface area contributed by atoms with Crippen molar-refractivity contribution in [3.8, 4) is 11.4 Å². The van der Waals surface area contributed by atoms with E-state index in [-0.39, 0.29) is 18.3 Å². The van der Waals surface area contributed by atoms with E-state index in [1.165, 1.54) is 4.80 Å². The lowest BCUT2D eigenvalue weighted by atomic mass is 9.97. The first-order valence-electron chi connectivity index (χ1n) is 7.59. The quantitative estimate of drug-likeness (QED) is 0.730. The summed E-state index contributed by atoms with van der Waals surface area (Å²) < 4.78 is 0. The second-order valence-corrected chi connectivity index (χ2v) is 6.74. The van der Waals surface area contributed by atoms with Crippen LogP contribution in [0.15, 0.2) is 24.3 Å². The first kappa shape index (κ1) is 17.0. The summed E-state index contributed by atoms with van der Waals surface area (Å²) in [5, 5.41) is 29.4. The van der Waals surface area contributed by atoms with Crippen LogP contribution in [0.2, 0.25) is 10.0 Å². The van der Waals surface area contributed by atoms with Gasteiger partial charge in [0.1, 0.15) is 22.5 Å². The Morgan fingerprint density at radius 2 is 1.62 bits per heavy atom. The van der Waals surface area contributed by atoms with E-state index in [2.05, 4.69) is 10.2 Å². The molecule has 0 radical (unpaired) electrons. The number of hydrogen-bond donors (Lipinski definition) is 2. The van der Waals surface area contributed by atoms with Crippen molar-refractivity contribution in [2.45, 2.75) is 26.2 Å². The first-order chi connectivity index (χ1) is 11.4. The second kappa shape index (κ2) is 6.59. The predicted octanol–water partition coefficient (Wildman–Crippen LogP) is 4.09. The van der Waals surface area contributed by atoms with Gasteiger partial charge in [-0.05, 0) is 41.7 Å². The molecule has 0 bridgehead atoms. The normalized spacial score (nSPS) is 11.6. The Hall–Kier alpha value is -1.82. The van der Waals surface area contributed by atoms with Gasteiger partial charge in [0.05, 0.1) is 10.0 Å². The summed E-state index contributed by atoms with van der Waals surface area (Å²) in [4.78, 5) is 1.37. The minimum absolute atomic E-state index is 0.0292. The van der Waals surface area contributed by atoms with E-state index in [9.17, 15) is 10.2 Å². The maximum atomic E-state index is 10.6. The molecule has 24 heavy (non-hydrogen) atoms. The largest absolute Gasteiger partial charge is 0.505 e. The number of fused-ring (bicyclic) bond motifs is 1. The van der Waals surface area contributed by atoms with E-state index in [0.29, 0.717) is 33.2 Å². The zero-order valence-corrected chi connectivity index (χ0v) is 14.8. The molecule has 126 valence electrons. The van der Waals surface area contributed by atoms with Crippen LogP contribution in [0.4, 0.5) is 0 Å². The minimum Gasteiger partial charge on any atom is -0.505 e. The Balaban J connectivity index is 2.20. The third-order valence-electron chi connectivity index (χ3n) is 3.84. The van der Waals surface area contributed by atoms with Crippen LogP contribution in [-0.4, -0.2) is 31.8 Å². The Kier molecular flexibility index (Phi) is 4.67. The van der Waals surface area contributed by atoms with Gasteiger partial charge in [0.15, 0.2) is 0 Å². The number of benzene rings is 2. The molecule has 0 amide bonds. The molecule has 2 aromatic carbocycles. The highest BCUT2D eigenvalue weighted by molar-refractivity contribution is 6.42. The van der Waals surface area contributed by atoms with Gasteiger partial charge >= 0.3 is 0 Å². The number of hydrogen-bond acceptors (Lipinski definition) is 4. The van der Waals surface area contributed by atoms with Gasteiger partial charge in [0.2, 0.25) is 0 Å². The number of aromatic hydroxyl groups is 1. The molecule has 5 nitrogen and oxygen atoms in total. The molecule has 0 saturated carbocycles. The van der Waals surface area contributed by atoms with Gasteiger partial charge < -0.3 is 10.2 Å². The summed E-state index contributed by atoms with van der Waals surface area (Å²) in [6.45, 7) is 4.02. The van der Waals surface area contributed by atoms with Crippen molar-refractivity contribution in [3.05, 3.63) is 45.4 Å². The van der Waals surface area contributed by atoms with Gasteiger partial charge in [-0.15, -0.1) is 15.0 Å². The van der Waals surface area contributed by atoms with Crippen LogP contribution in [-0.2, 0) is 6.42 Å². The van der Waals surface area contributed by atoms with Gasteiger partial charge in [-0.3, -0.25) is 0 Å². The number of phenolic OH excluding ortho intramolecular Hbond substituents is 1. The summed E-state index contributed by atoms with van der Waals surface area (Å²) in [6, 6.07) is 6.96. The molecule has 1 heterocycles. The van der Waals surface area contributed by atoms with Crippen LogP contribution in [0.3, 0.4) is 0 Å². The fraction of sp³-hybridized carbons (Fsp3) is 0.294. The molecule has 3 aromatic rings. The Labute approximate surface area is 149 Å². The van der Waals surface area contributed by atoms with E-state index < -0.39 is 0 Å². The summed E-state index contributed by atoms with van der Waals surface area (Å²) >= 11 is 12.0. The first-order valence-corrected chi connectivity index (χ1v) is 8.35. The predicted molar refractivity (Wildman–Crippen MR) is 95.4 cm³/mol. The van der Waals surface area contributed by atoms with E-state index in [1.54, 1.807) is 18.2 Å². The molecule has 0 atom stereocenters. The lowest BCUT2D eigenvalue weighted by Crippen LogP contribution is -2.04. The lowest BCUT2D eigenvalue weighted by Gasteiger charge is -2.14. The SMILES string of the molecule is CC(C)c1cc(CCO)cc(-n2nc3cc(Cl)c(Cl)cc3n2)c1O. The molecular formula is C17H17Cl2N3O2. The van der Waals surface area contributed by atoms with Crippen LogP contribution >= 0.6 is 23.2 Å². The summed E-state index contributed by atoms with van der Waals surface area (Å²) in [5.41, 5.74) is 3.33. The van der Waals surface area contributed by atoms with Crippen molar-refractivity contribution in [1.29, 1.82) is 0 Å². The zero-order valence-electron chi connectivity index (χ0n) is 13.3. The van der Waals surface area contributed by atoms with Crippen molar-refractivity contribution in [2.75, 3.05) is 6.61 Å². The summed E-state index contributed by atoms with van der Waals surface area (Å²) in [5.74, 6) is 0.250. The number of aromatic nitrogens is 3. The van der Waals surface area contributed by atoms with Gasteiger partial charge in [-0.1, -0.05) is 43.1 Å². The molecule has 0 aliphatic carbocycles. The highest BCUT2D eigenvalue weighted by atomic mass is 35.5. The van der Waals surface area contributed by atoms with E-state index in [1.807, 2.05) is 19.9 Å². The summed E-state index contributed by atoms with van der Waals surface area (Å²) in [6.07, 6.45) is 0.492. The van der Waals surface area contributed by atoms with Crippen LogP contribution in [0.1, 0.15) is 30.9 Å². The van der Waals surface area contributed by atoms with Crippen molar-refractivity contribution < 1.29 is 10.2 Å². The second-order valence-electron chi connectivity index (χ2n) is 5.93. The average molecular weight is 366 g/mol. The number of rotatable bonds is 4. The third-order valence-corrected chi connectivity index (χ3v) is 4.56.